The van der Waals surface area contributed by atoms with Crippen molar-refractivity contribution in [2.24, 2.45) is 0 Å². The number of benzene rings is 1. The number of nitrogens with one attached hydrogen (secondary N) is 1. The molecular weight excluding hydrogens is 244 g/mol. The van der Waals surface area contributed by atoms with Gasteiger partial charge in [0.25, 0.3) is 0 Å². The van der Waals surface area contributed by atoms with Crippen LogP contribution < -0.4 is 5.32 Å². The Balaban J connectivity index is 2.41. The van der Waals surface area contributed by atoms with Crippen LogP contribution in [0.5, 0.6) is 0 Å². The molecule has 2 heterocycles. The van der Waals surface area contributed by atoms with Crippen molar-refractivity contribution in [2.45, 2.75) is 13.0 Å². The van der Waals surface area contributed by atoms with Crippen LogP contribution in [0.15, 0.2) is 17.1 Å². The van der Waals surface area contributed by atoms with E-state index in [1.807, 2.05) is 6.07 Å². The molecular formula is C11H10FNSe. The zero-order valence-corrected chi connectivity index (χ0v) is 9.35. The Morgan fingerprint density at radius 2 is 2.21 bits per heavy atom. The Morgan fingerprint density at radius 3 is 3.14 bits per heavy atom. The van der Waals surface area contributed by atoms with Gasteiger partial charge in [0.05, 0.1) is 0 Å². The molecule has 2 aromatic rings. The van der Waals surface area contributed by atoms with Crippen LogP contribution in [0, 0.1) is 5.82 Å². The third-order valence-corrected chi connectivity index (χ3v) is 4.90. The molecule has 72 valence electrons. The van der Waals surface area contributed by atoms with Gasteiger partial charge in [-0.3, -0.25) is 0 Å². The Morgan fingerprint density at radius 1 is 1.29 bits per heavy atom. The van der Waals surface area contributed by atoms with E-state index >= 15 is 0 Å². The van der Waals surface area contributed by atoms with E-state index in [0.29, 0.717) is 0 Å². The topological polar surface area (TPSA) is 12.0 Å². The van der Waals surface area contributed by atoms with Crippen LogP contribution in [-0.4, -0.2) is 21.0 Å². The molecule has 1 aromatic carbocycles. The third kappa shape index (κ3) is 1.17. The molecule has 0 radical (unpaired) electrons. The van der Waals surface area contributed by atoms with Gasteiger partial charge >= 0.3 is 87.4 Å². The van der Waals surface area contributed by atoms with Crippen LogP contribution in [-0.2, 0) is 13.0 Å². The summed E-state index contributed by atoms with van der Waals surface area (Å²) < 4.78 is 14.5. The number of hydrogen-bond acceptors (Lipinski definition) is 1. The maximum absolute atomic E-state index is 13.5. The summed E-state index contributed by atoms with van der Waals surface area (Å²) in [6.45, 7) is 1.90. The van der Waals surface area contributed by atoms with E-state index in [9.17, 15) is 4.39 Å². The van der Waals surface area contributed by atoms with Crippen molar-refractivity contribution >= 4 is 24.1 Å². The average Bonchev–Trinajstić information content (AvgIpc) is 2.51. The molecule has 0 spiro atoms. The molecule has 0 saturated heterocycles. The fourth-order valence-corrected chi connectivity index (χ4v) is 4.25. The van der Waals surface area contributed by atoms with E-state index in [0.717, 1.165) is 23.8 Å². The third-order valence-electron chi connectivity index (χ3n) is 2.72. The van der Waals surface area contributed by atoms with Gasteiger partial charge in [-0.15, -0.1) is 0 Å². The van der Waals surface area contributed by atoms with E-state index in [1.165, 1.54) is 16.5 Å². The number of halogens is 1. The fraction of sp³-hybridized carbons (Fsp3) is 0.273. The normalized spacial score (nSPS) is 15.8. The molecule has 0 saturated carbocycles. The maximum atomic E-state index is 13.5. The average molecular weight is 254 g/mol. The summed E-state index contributed by atoms with van der Waals surface area (Å²) in [5, 5.41) is 4.58. The van der Waals surface area contributed by atoms with Gasteiger partial charge in [0.2, 0.25) is 0 Å². The van der Waals surface area contributed by atoms with Gasteiger partial charge in [-0.2, -0.15) is 0 Å². The van der Waals surface area contributed by atoms with E-state index in [1.54, 1.807) is 6.07 Å². The van der Waals surface area contributed by atoms with E-state index in [2.05, 4.69) is 10.3 Å². The van der Waals surface area contributed by atoms with Gasteiger partial charge < -0.3 is 0 Å². The summed E-state index contributed by atoms with van der Waals surface area (Å²) in [6.07, 6.45) is 1.05. The van der Waals surface area contributed by atoms with Crippen LogP contribution in [0.3, 0.4) is 0 Å². The Kier molecular flexibility index (Phi) is 1.98. The minimum atomic E-state index is -0.0168. The summed E-state index contributed by atoms with van der Waals surface area (Å²) in [5.74, 6) is -0.0168. The van der Waals surface area contributed by atoms with Gasteiger partial charge in [0.1, 0.15) is 0 Å². The first-order chi connectivity index (χ1) is 6.86. The summed E-state index contributed by atoms with van der Waals surface area (Å²) in [5.41, 5.74) is 2.63. The number of rotatable bonds is 0. The molecule has 1 N–H and O–H groups in total. The first kappa shape index (κ1) is 8.66. The van der Waals surface area contributed by atoms with Crippen molar-refractivity contribution in [3.05, 3.63) is 34.0 Å². The Labute approximate surface area is 87.7 Å². The second kappa shape index (κ2) is 3.20. The van der Waals surface area contributed by atoms with Crippen LogP contribution in [0.4, 0.5) is 4.39 Å². The molecule has 3 rings (SSSR count). The fourth-order valence-electron chi connectivity index (χ4n) is 2.03. The quantitative estimate of drug-likeness (QED) is 0.705. The molecule has 3 heteroatoms. The zero-order valence-electron chi connectivity index (χ0n) is 7.64. The number of hydrogen-bond donors (Lipinski definition) is 1. The van der Waals surface area contributed by atoms with Crippen molar-refractivity contribution in [2.75, 3.05) is 6.54 Å². The van der Waals surface area contributed by atoms with Crippen molar-refractivity contribution < 1.29 is 4.39 Å². The molecule has 1 aliphatic rings. The van der Waals surface area contributed by atoms with Crippen molar-refractivity contribution in [3.8, 4) is 0 Å². The summed E-state index contributed by atoms with van der Waals surface area (Å²) in [4.78, 5) is 2.23. The van der Waals surface area contributed by atoms with Crippen LogP contribution in [0.2, 0.25) is 0 Å². The van der Waals surface area contributed by atoms with Gasteiger partial charge in [0.15, 0.2) is 0 Å². The molecule has 0 unspecified atom stereocenters. The summed E-state index contributed by atoms with van der Waals surface area (Å²) >= 11 is 0.224. The monoisotopic (exact) mass is 255 g/mol. The zero-order chi connectivity index (χ0) is 9.54. The van der Waals surface area contributed by atoms with Crippen LogP contribution in [0.1, 0.15) is 11.1 Å². The first-order valence-corrected chi connectivity index (χ1v) is 6.59. The van der Waals surface area contributed by atoms with Crippen LogP contribution in [0.25, 0.3) is 9.65 Å². The molecule has 0 fully saturated rings. The second-order valence-corrected chi connectivity index (χ2v) is 5.44. The van der Waals surface area contributed by atoms with E-state index in [-0.39, 0.29) is 20.3 Å². The predicted octanol–water partition coefficient (Wildman–Crippen LogP) is 1.68. The van der Waals surface area contributed by atoms with Crippen molar-refractivity contribution in [1.82, 2.24) is 5.32 Å². The molecule has 0 atom stereocenters. The van der Waals surface area contributed by atoms with Crippen molar-refractivity contribution in [1.29, 1.82) is 0 Å². The first-order valence-electron chi connectivity index (χ1n) is 4.74. The summed E-state index contributed by atoms with van der Waals surface area (Å²) in [6, 6.07) is 3.53. The SMILES string of the molecule is Fc1ccc2c3c(c[se]c13)CCNC2. The Hall–Kier alpha value is -0.631. The molecule has 0 aliphatic carbocycles. The molecule has 1 aliphatic heterocycles. The van der Waals surface area contributed by atoms with Gasteiger partial charge in [0, 0.05) is 0 Å². The molecule has 0 bridgehead atoms. The molecule has 1 aromatic heterocycles. The standard InChI is InChI=1S/C11H10FNSe/c12-9-2-1-7-5-13-4-3-8-6-14-11(9)10(7)8/h1-2,6,13H,3-5H2. The van der Waals surface area contributed by atoms with E-state index in [4.69, 9.17) is 0 Å². The van der Waals surface area contributed by atoms with Crippen LogP contribution >= 0.6 is 0 Å². The molecule has 0 amide bonds. The van der Waals surface area contributed by atoms with E-state index < -0.39 is 0 Å². The minimum absolute atomic E-state index is 0.0168. The second-order valence-electron chi connectivity index (χ2n) is 3.60. The van der Waals surface area contributed by atoms with Gasteiger partial charge in [-0.1, -0.05) is 0 Å². The van der Waals surface area contributed by atoms with Gasteiger partial charge in [-0.05, 0) is 0 Å². The molecule has 14 heavy (non-hydrogen) atoms. The van der Waals surface area contributed by atoms with Crippen molar-refractivity contribution in [3.63, 3.8) is 0 Å². The Bertz CT molecular complexity index is 489. The molecule has 1 nitrogen and oxygen atoms in total. The summed E-state index contributed by atoms with van der Waals surface area (Å²) in [7, 11) is 0. The van der Waals surface area contributed by atoms with Gasteiger partial charge in [-0.25, -0.2) is 0 Å². The predicted molar refractivity (Wildman–Crippen MR) is 56.3 cm³/mol.